The SMILES string of the molecule is C#CCN(CC=C)C(=O)c1ccc(OC2CCN(C(=O)c3cccnc3)CC2)cc1. The van der Waals surface area contributed by atoms with Crippen molar-refractivity contribution in [2.24, 2.45) is 0 Å². The topological polar surface area (TPSA) is 62.7 Å². The number of benzene rings is 1. The number of amides is 2. The van der Waals surface area contributed by atoms with Gasteiger partial charge in [0.1, 0.15) is 11.9 Å². The molecule has 1 fully saturated rings. The molecular formula is C24H25N3O3. The van der Waals surface area contributed by atoms with Gasteiger partial charge in [0.15, 0.2) is 0 Å². The zero-order chi connectivity index (χ0) is 21.3. The van der Waals surface area contributed by atoms with E-state index < -0.39 is 0 Å². The van der Waals surface area contributed by atoms with Crippen LogP contribution in [-0.2, 0) is 0 Å². The van der Waals surface area contributed by atoms with Gasteiger partial charge in [0.05, 0.1) is 12.1 Å². The maximum absolute atomic E-state index is 12.5. The Hall–Kier alpha value is -3.59. The number of likely N-dealkylation sites (tertiary alicyclic amines) is 1. The summed E-state index contributed by atoms with van der Waals surface area (Å²) in [5, 5.41) is 0. The average Bonchev–Trinajstić information content (AvgIpc) is 2.79. The molecule has 0 unspecified atom stereocenters. The second-order valence-electron chi connectivity index (χ2n) is 7.05. The number of hydrogen-bond acceptors (Lipinski definition) is 4. The summed E-state index contributed by atoms with van der Waals surface area (Å²) in [5.74, 6) is 3.06. The third kappa shape index (κ3) is 5.26. The molecular weight excluding hydrogens is 378 g/mol. The van der Waals surface area contributed by atoms with Crippen LogP contribution in [-0.4, -0.2) is 58.9 Å². The number of aromatic nitrogens is 1. The Bertz CT molecular complexity index is 911. The van der Waals surface area contributed by atoms with Crippen molar-refractivity contribution in [1.82, 2.24) is 14.8 Å². The number of pyridine rings is 1. The molecule has 0 atom stereocenters. The lowest BCUT2D eigenvalue weighted by atomic mass is 10.1. The minimum absolute atomic E-state index is 0.000428. The standard InChI is InChI=1S/C24H25N3O3/c1-3-14-26(15-4-2)23(28)19-7-9-21(10-8-19)30-22-11-16-27(17-12-22)24(29)20-6-5-13-25-18-20/h1,4-10,13,18,22H,2,11-12,14-17H2. The molecule has 0 aliphatic carbocycles. The van der Waals surface area contributed by atoms with E-state index in [0.717, 1.165) is 12.8 Å². The predicted molar refractivity (Wildman–Crippen MR) is 115 cm³/mol. The van der Waals surface area contributed by atoms with Gasteiger partial charge in [0, 0.05) is 50.4 Å². The van der Waals surface area contributed by atoms with Crippen molar-refractivity contribution in [1.29, 1.82) is 0 Å². The van der Waals surface area contributed by atoms with Gasteiger partial charge in [-0.1, -0.05) is 12.0 Å². The Labute approximate surface area is 177 Å². The van der Waals surface area contributed by atoms with Gasteiger partial charge in [0.2, 0.25) is 0 Å². The molecule has 3 rings (SSSR count). The van der Waals surface area contributed by atoms with Crippen LogP contribution in [0.2, 0.25) is 0 Å². The first kappa shape index (κ1) is 21.1. The summed E-state index contributed by atoms with van der Waals surface area (Å²) in [6.07, 6.45) is 11.8. The van der Waals surface area contributed by atoms with Crippen molar-refractivity contribution < 1.29 is 14.3 Å². The van der Waals surface area contributed by atoms with Crippen molar-refractivity contribution in [2.75, 3.05) is 26.2 Å². The molecule has 6 heteroatoms. The molecule has 0 saturated carbocycles. The number of hydrogen-bond donors (Lipinski definition) is 0. The number of rotatable bonds is 7. The Morgan fingerprint density at radius 3 is 2.57 bits per heavy atom. The van der Waals surface area contributed by atoms with Gasteiger partial charge in [-0.2, -0.15) is 0 Å². The van der Waals surface area contributed by atoms with E-state index in [1.165, 1.54) is 0 Å². The van der Waals surface area contributed by atoms with Crippen LogP contribution in [0.15, 0.2) is 61.4 Å². The van der Waals surface area contributed by atoms with Crippen LogP contribution < -0.4 is 4.74 Å². The summed E-state index contributed by atoms with van der Waals surface area (Å²) in [7, 11) is 0. The minimum atomic E-state index is -0.137. The summed E-state index contributed by atoms with van der Waals surface area (Å²) in [4.78, 5) is 32.4. The Morgan fingerprint density at radius 1 is 1.23 bits per heavy atom. The molecule has 1 aliphatic heterocycles. The molecule has 154 valence electrons. The zero-order valence-electron chi connectivity index (χ0n) is 16.9. The largest absolute Gasteiger partial charge is 0.490 e. The molecule has 1 aromatic heterocycles. The summed E-state index contributed by atoms with van der Waals surface area (Å²) in [5.41, 5.74) is 1.16. The van der Waals surface area contributed by atoms with Crippen LogP contribution in [0.25, 0.3) is 0 Å². The molecule has 1 aliphatic rings. The van der Waals surface area contributed by atoms with Gasteiger partial charge in [-0.3, -0.25) is 14.6 Å². The summed E-state index contributed by atoms with van der Waals surface area (Å²) < 4.78 is 6.06. The molecule has 0 bridgehead atoms. The van der Waals surface area contributed by atoms with Gasteiger partial charge >= 0.3 is 0 Å². The minimum Gasteiger partial charge on any atom is -0.490 e. The van der Waals surface area contributed by atoms with Crippen molar-refractivity contribution in [2.45, 2.75) is 18.9 Å². The van der Waals surface area contributed by atoms with Gasteiger partial charge in [-0.25, -0.2) is 0 Å². The number of nitrogens with zero attached hydrogens (tertiary/aromatic N) is 3. The van der Waals surface area contributed by atoms with Gasteiger partial charge in [0.25, 0.3) is 11.8 Å². The average molecular weight is 403 g/mol. The first-order valence-electron chi connectivity index (χ1n) is 9.92. The summed E-state index contributed by atoms with van der Waals surface area (Å²) >= 11 is 0. The maximum atomic E-state index is 12.5. The fourth-order valence-electron chi connectivity index (χ4n) is 3.38. The lowest BCUT2D eigenvalue weighted by molar-refractivity contribution is 0.0595. The predicted octanol–water partition coefficient (Wildman–Crippen LogP) is 3.03. The molecule has 30 heavy (non-hydrogen) atoms. The molecule has 2 heterocycles. The van der Waals surface area contributed by atoms with Crippen molar-refractivity contribution >= 4 is 11.8 Å². The van der Waals surface area contributed by atoms with E-state index in [1.807, 2.05) is 4.90 Å². The Kier molecular flexibility index (Phi) is 7.23. The van der Waals surface area contributed by atoms with E-state index in [-0.39, 0.29) is 24.5 Å². The Morgan fingerprint density at radius 2 is 1.97 bits per heavy atom. The number of terminal acetylenes is 1. The van der Waals surface area contributed by atoms with Crippen molar-refractivity contribution in [3.8, 4) is 18.1 Å². The molecule has 6 nitrogen and oxygen atoms in total. The van der Waals surface area contributed by atoms with Gasteiger partial charge in [-0.15, -0.1) is 13.0 Å². The van der Waals surface area contributed by atoms with Crippen LogP contribution in [0.1, 0.15) is 33.6 Å². The second kappa shape index (κ2) is 10.3. The van der Waals surface area contributed by atoms with E-state index in [1.54, 1.807) is 59.8 Å². The van der Waals surface area contributed by atoms with Crippen LogP contribution in [0.3, 0.4) is 0 Å². The molecule has 2 aromatic rings. The first-order chi connectivity index (χ1) is 14.6. The monoisotopic (exact) mass is 403 g/mol. The normalized spacial score (nSPS) is 13.9. The van der Waals surface area contributed by atoms with E-state index in [2.05, 4.69) is 17.5 Å². The number of carbonyl (C=O) groups excluding carboxylic acids is 2. The molecule has 0 N–H and O–H groups in total. The third-order valence-electron chi connectivity index (χ3n) is 4.96. The molecule has 0 spiro atoms. The summed E-state index contributed by atoms with van der Waals surface area (Å²) in [6.45, 7) is 5.57. The molecule has 1 aromatic carbocycles. The van der Waals surface area contributed by atoms with Gasteiger partial charge < -0.3 is 14.5 Å². The molecule has 1 saturated heterocycles. The van der Waals surface area contributed by atoms with Crippen molar-refractivity contribution in [3.63, 3.8) is 0 Å². The summed E-state index contributed by atoms with van der Waals surface area (Å²) in [6, 6.07) is 10.6. The highest BCUT2D eigenvalue weighted by Crippen LogP contribution is 2.21. The van der Waals surface area contributed by atoms with E-state index in [9.17, 15) is 9.59 Å². The fourth-order valence-corrected chi connectivity index (χ4v) is 3.38. The lowest BCUT2D eigenvalue weighted by Gasteiger charge is -2.32. The maximum Gasteiger partial charge on any atom is 0.255 e. The van der Waals surface area contributed by atoms with E-state index in [0.29, 0.717) is 36.5 Å². The second-order valence-corrected chi connectivity index (χ2v) is 7.05. The highest BCUT2D eigenvalue weighted by atomic mass is 16.5. The van der Waals surface area contributed by atoms with Crippen molar-refractivity contribution in [3.05, 3.63) is 72.6 Å². The van der Waals surface area contributed by atoms with Gasteiger partial charge in [-0.05, 0) is 36.4 Å². The van der Waals surface area contributed by atoms with Crippen LogP contribution in [0.4, 0.5) is 0 Å². The number of piperidine rings is 1. The van der Waals surface area contributed by atoms with Crippen LogP contribution in [0, 0.1) is 12.3 Å². The van der Waals surface area contributed by atoms with Crippen LogP contribution in [0.5, 0.6) is 5.75 Å². The quantitative estimate of drug-likeness (QED) is 0.527. The fraction of sp³-hybridized carbons (Fsp3) is 0.292. The van der Waals surface area contributed by atoms with Crippen LogP contribution >= 0.6 is 0 Å². The highest BCUT2D eigenvalue weighted by Gasteiger charge is 2.25. The highest BCUT2D eigenvalue weighted by molar-refractivity contribution is 5.94. The van der Waals surface area contributed by atoms with E-state index >= 15 is 0 Å². The molecule has 2 amide bonds. The lowest BCUT2D eigenvalue weighted by Crippen LogP contribution is -2.41. The number of ether oxygens (including phenoxy) is 1. The first-order valence-corrected chi connectivity index (χ1v) is 9.92. The third-order valence-corrected chi connectivity index (χ3v) is 4.96. The Balaban J connectivity index is 1.53. The smallest absolute Gasteiger partial charge is 0.255 e. The number of carbonyl (C=O) groups is 2. The van der Waals surface area contributed by atoms with E-state index in [4.69, 9.17) is 11.2 Å². The molecule has 0 radical (unpaired) electrons. The zero-order valence-corrected chi connectivity index (χ0v) is 16.9.